The molecule has 1 aromatic carbocycles. The Labute approximate surface area is 124 Å². The summed E-state index contributed by atoms with van der Waals surface area (Å²) in [7, 11) is 0. The van der Waals surface area contributed by atoms with E-state index in [-0.39, 0.29) is 0 Å². The fourth-order valence-electron chi connectivity index (χ4n) is 2.87. The van der Waals surface area contributed by atoms with Crippen molar-refractivity contribution in [3.63, 3.8) is 0 Å². The highest BCUT2D eigenvalue weighted by Gasteiger charge is 2.13. The molecule has 0 aromatic heterocycles. The van der Waals surface area contributed by atoms with Crippen molar-refractivity contribution in [3.8, 4) is 0 Å². The first kappa shape index (κ1) is 15.2. The zero-order chi connectivity index (χ0) is 14.5. The van der Waals surface area contributed by atoms with Gasteiger partial charge in [0.25, 0.3) is 0 Å². The van der Waals surface area contributed by atoms with E-state index in [1.54, 1.807) is 0 Å². The van der Waals surface area contributed by atoms with Gasteiger partial charge < -0.3 is 5.32 Å². The SMILES string of the molecule is CC(C)c1ccc(NCC2CC=CCC2)c(C(C)C)c1. The summed E-state index contributed by atoms with van der Waals surface area (Å²) in [5.41, 5.74) is 4.24. The number of hydrogen-bond donors (Lipinski definition) is 1. The Kier molecular flexibility index (Phi) is 5.28. The maximum Gasteiger partial charge on any atom is 0.0375 e. The maximum atomic E-state index is 3.70. The van der Waals surface area contributed by atoms with Crippen LogP contribution in [0, 0.1) is 5.92 Å². The second-order valence-electron chi connectivity index (χ2n) is 6.69. The third-order valence-electron chi connectivity index (χ3n) is 4.32. The van der Waals surface area contributed by atoms with Crippen molar-refractivity contribution in [1.29, 1.82) is 0 Å². The van der Waals surface area contributed by atoms with E-state index < -0.39 is 0 Å². The fourth-order valence-corrected chi connectivity index (χ4v) is 2.87. The van der Waals surface area contributed by atoms with E-state index >= 15 is 0 Å². The first-order chi connectivity index (χ1) is 9.58. The molecule has 0 spiro atoms. The van der Waals surface area contributed by atoms with Gasteiger partial charge in [0.1, 0.15) is 0 Å². The molecule has 1 N–H and O–H groups in total. The van der Waals surface area contributed by atoms with Crippen LogP contribution in [0.4, 0.5) is 5.69 Å². The Balaban J connectivity index is 2.08. The molecule has 1 heteroatoms. The molecular weight excluding hydrogens is 242 g/mol. The van der Waals surface area contributed by atoms with Crippen molar-refractivity contribution >= 4 is 5.69 Å². The Morgan fingerprint density at radius 3 is 2.50 bits per heavy atom. The quantitative estimate of drug-likeness (QED) is 0.677. The molecule has 0 saturated carbocycles. The van der Waals surface area contributed by atoms with Crippen LogP contribution in [0.15, 0.2) is 30.4 Å². The summed E-state index contributed by atoms with van der Waals surface area (Å²) < 4.78 is 0. The van der Waals surface area contributed by atoms with Crippen molar-refractivity contribution in [2.24, 2.45) is 5.92 Å². The van der Waals surface area contributed by atoms with Gasteiger partial charge in [0.2, 0.25) is 0 Å². The van der Waals surface area contributed by atoms with E-state index in [0.29, 0.717) is 11.8 Å². The predicted octanol–water partition coefficient (Wildman–Crippen LogP) is 5.70. The number of allylic oxidation sites excluding steroid dienone is 2. The van der Waals surface area contributed by atoms with Crippen molar-refractivity contribution < 1.29 is 0 Å². The van der Waals surface area contributed by atoms with Crippen LogP contribution in [-0.2, 0) is 0 Å². The summed E-state index contributed by atoms with van der Waals surface area (Å²) in [6.45, 7) is 10.2. The Morgan fingerprint density at radius 1 is 1.10 bits per heavy atom. The summed E-state index contributed by atoms with van der Waals surface area (Å²) in [5.74, 6) is 1.97. The molecule has 0 bridgehead atoms. The summed E-state index contributed by atoms with van der Waals surface area (Å²) in [5, 5.41) is 3.70. The first-order valence-corrected chi connectivity index (χ1v) is 8.10. The van der Waals surface area contributed by atoms with Crippen molar-refractivity contribution in [1.82, 2.24) is 0 Å². The van der Waals surface area contributed by atoms with Crippen molar-refractivity contribution in [2.45, 2.75) is 58.8 Å². The lowest BCUT2D eigenvalue weighted by molar-refractivity contribution is 0.504. The van der Waals surface area contributed by atoms with Gasteiger partial charge >= 0.3 is 0 Å². The minimum atomic E-state index is 0.572. The molecule has 0 radical (unpaired) electrons. The predicted molar refractivity (Wildman–Crippen MR) is 89.6 cm³/mol. The van der Waals surface area contributed by atoms with E-state index in [0.717, 1.165) is 12.5 Å². The van der Waals surface area contributed by atoms with E-state index in [9.17, 15) is 0 Å². The molecule has 0 amide bonds. The molecule has 0 saturated heterocycles. The number of hydrogen-bond acceptors (Lipinski definition) is 1. The van der Waals surface area contributed by atoms with Gasteiger partial charge in [-0.25, -0.2) is 0 Å². The Morgan fingerprint density at radius 2 is 1.90 bits per heavy atom. The van der Waals surface area contributed by atoms with Gasteiger partial charge in [0.05, 0.1) is 0 Å². The number of anilines is 1. The normalized spacial score (nSPS) is 18.8. The minimum absolute atomic E-state index is 0.572. The van der Waals surface area contributed by atoms with Crippen LogP contribution in [0.1, 0.15) is 69.9 Å². The fraction of sp³-hybridized carbons (Fsp3) is 0.579. The van der Waals surface area contributed by atoms with Crippen LogP contribution in [-0.4, -0.2) is 6.54 Å². The highest BCUT2D eigenvalue weighted by atomic mass is 14.9. The van der Waals surface area contributed by atoms with Gasteiger partial charge in [0, 0.05) is 12.2 Å². The van der Waals surface area contributed by atoms with Gasteiger partial charge in [-0.15, -0.1) is 0 Å². The standard InChI is InChI=1S/C19H29N/c1-14(2)17-10-11-19(18(12-17)15(3)4)20-13-16-8-6-5-7-9-16/h5-6,10-12,14-16,20H,7-9,13H2,1-4H3. The summed E-state index contributed by atoms with van der Waals surface area (Å²) >= 11 is 0. The van der Waals surface area contributed by atoms with Gasteiger partial charge in [-0.1, -0.05) is 52.0 Å². The van der Waals surface area contributed by atoms with Crippen molar-refractivity contribution in [3.05, 3.63) is 41.5 Å². The van der Waals surface area contributed by atoms with Crippen LogP contribution in [0.5, 0.6) is 0 Å². The molecule has 0 heterocycles. The number of benzene rings is 1. The molecule has 110 valence electrons. The lowest BCUT2D eigenvalue weighted by Gasteiger charge is -2.22. The van der Waals surface area contributed by atoms with Gasteiger partial charge in [0.15, 0.2) is 0 Å². The Hall–Kier alpha value is -1.24. The molecule has 1 aromatic rings. The zero-order valence-corrected chi connectivity index (χ0v) is 13.4. The zero-order valence-electron chi connectivity index (χ0n) is 13.4. The minimum Gasteiger partial charge on any atom is -0.385 e. The van der Waals surface area contributed by atoms with Crippen molar-refractivity contribution in [2.75, 3.05) is 11.9 Å². The van der Waals surface area contributed by atoms with Crippen LogP contribution < -0.4 is 5.32 Å². The molecule has 20 heavy (non-hydrogen) atoms. The third-order valence-corrected chi connectivity index (χ3v) is 4.32. The number of rotatable bonds is 5. The molecule has 1 unspecified atom stereocenters. The summed E-state index contributed by atoms with van der Waals surface area (Å²) in [4.78, 5) is 0. The smallest absolute Gasteiger partial charge is 0.0375 e. The number of nitrogens with one attached hydrogen (secondary N) is 1. The average Bonchev–Trinajstić information content (AvgIpc) is 2.45. The van der Waals surface area contributed by atoms with Gasteiger partial charge in [-0.2, -0.15) is 0 Å². The molecule has 1 aliphatic carbocycles. The van der Waals surface area contributed by atoms with E-state index in [1.807, 2.05) is 0 Å². The first-order valence-electron chi connectivity index (χ1n) is 8.10. The maximum absolute atomic E-state index is 3.70. The lowest BCUT2D eigenvalue weighted by Crippen LogP contribution is -2.16. The van der Waals surface area contributed by atoms with Gasteiger partial charge in [-0.3, -0.25) is 0 Å². The molecule has 0 fully saturated rings. The summed E-state index contributed by atoms with van der Waals surface area (Å²) in [6, 6.07) is 6.95. The van der Waals surface area contributed by atoms with Crippen LogP contribution in [0.25, 0.3) is 0 Å². The van der Waals surface area contributed by atoms with Gasteiger partial charge in [-0.05, 0) is 54.2 Å². The van der Waals surface area contributed by atoms with Crippen LogP contribution in [0.3, 0.4) is 0 Å². The molecule has 1 atom stereocenters. The lowest BCUT2D eigenvalue weighted by atomic mass is 9.92. The van der Waals surface area contributed by atoms with E-state index in [1.165, 1.54) is 36.1 Å². The van der Waals surface area contributed by atoms with Crippen LogP contribution in [0.2, 0.25) is 0 Å². The summed E-state index contributed by atoms with van der Waals surface area (Å²) in [6.07, 6.45) is 8.45. The topological polar surface area (TPSA) is 12.0 Å². The highest BCUT2D eigenvalue weighted by Crippen LogP contribution is 2.29. The molecular formula is C19H29N. The van der Waals surface area contributed by atoms with E-state index in [4.69, 9.17) is 0 Å². The Bertz CT molecular complexity index is 457. The highest BCUT2D eigenvalue weighted by molar-refractivity contribution is 5.54. The van der Waals surface area contributed by atoms with Crippen LogP contribution >= 0.6 is 0 Å². The third kappa shape index (κ3) is 3.88. The molecule has 0 aliphatic heterocycles. The second kappa shape index (κ2) is 6.97. The molecule has 2 rings (SSSR count). The molecule has 1 nitrogen and oxygen atoms in total. The second-order valence-corrected chi connectivity index (χ2v) is 6.69. The monoisotopic (exact) mass is 271 g/mol. The average molecular weight is 271 g/mol. The van der Waals surface area contributed by atoms with E-state index in [2.05, 4.69) is 63.4 Å². The molecule has 1 aliphatic rings. The largest absolute Gasteiger partial charge is 0.385 e.